The number of fused-ring (bicyclic) bond motifs is 1. The number of ketones is 1. The van der Waals surface area contributed by atoms with Gasteiger partial charge in [0, 0.05) is 11.3 Å². The van der Waals surface area contributed by atoms with Crippen molar-refractivity contribution in [3.05, 3.63) is 34.2 Å². The fourth-order valence-corrected chi connectivity index (χ4v) is 1.94. The summed E-state index contributed by atoms with van der Waals surface area (Å²) in [7, 11) is 0. The molecule has 0 radical (unpaired) electrons. The van der Waals surface area contributed by atoms with Crippen molar-refractivity contribution in [2.24, 2.45) is 0 Å². The standard InChI is InChI=1S/C10H8N2O4S/c11-6-1-2-7-5(3-6)4-8(17-16-15-14)9(12)10(7)13/h1-4,12,14H,11H2. The van der Waals surface area contributed by atoms with Gasteiger partial charge in [-0.3, -0.25) is 10.2 Å². The minimum Gasteiger partial charge on any atom is -0.399 e. The first-order valence-corrected chi connectivity index (χ1v) is 5.27. The molecule has 1 aliphatic carbocycles. The number of carbonyl (C=O) groups is 1. The molecule has 0 fully saturated rings. The Kier molecular flexibility index (Phi) is 3.25. The number of rotatable bonds is 3. The van der Waals surface area contributed by atoms with E-state index in [0.717, 1.165) is 0 Å². The zero-order valence-corrected chi connectivity index (χ0v) is 9.28. The first kappa shape index (κ1) is 11.8. The number of Topliss-reactive ketones (excluding diaryl/α,β-unsaturated/α-hetero) is 1. The maximum Gasteiger partial charge on any atom is 0.212 e. The summed E-state index contributed by atoms with van der Waals surface area (Å²) in [5.41, 5.74) is 6.93. The highest BCUT2D eigenvalue weighted by Crippen LogP contribution is 2.30. The van der Waals surface area contributed by atoms with E-state index in [0.29, 0.717) is 28.9 Å². The van der Waals surface area contributed by atoms with Gasteiger partial charge in [-0.2, -0.15) is 0 Å². The summed E-state index contributed by atoms with van der Waals surface area (Å²) in [4.78, 5) is 12.1. The highest BCUT2D eigenvalue weighted by Gasteiger charge is 2.25. The third-order valence-corrected chi connectivity index (χ3v) is 2.86. The molecule has 17 heavy (non-hydrogen) atoms. The van der Waals surface area contributed by atoms with Crippen LogP contribution in [0.25, 0.3) is 6.08 Å². The summed E-state index contributed by atoms with van der Waals surface area (Å²) in [6.45, 7) is 0. The van der Waals surface area contributed by atoms with Crippen molar-refractivity contribution in [3.8, 4) is 0 Å². The number of nitrogens with one attached hydrogen (secondary N) is 1. The van der Waals surface area contributed by atoms with E-state index in [1.54, 1.807) is 24.3 Å². The number of hydrogen-bond acceptors (Lipinski definition) is 7. The second kappa shape index (κ2) is 4.68. The van der Waals surface area contributed by atoms with Crippen LogP contribution >= 0.6 is 12.0 Å². The van der Waals surface area contributed by atoms with Crippen molar-refractivity contribution in [1.82, 2.24) is 0 Å². The smallest absolute Gasteiger partial charge is 0.212 e. The molecule has 0 atom stereocenters. The number of nitrogen functional groups attached to an aromatic ring is 1. The van der Waals surface area contributed by atoms with Crippen LogP contribution in [0.2, 0.25) is 0 Å². The van der Waals surface area contributed by atoms with E-state index in [-0.39, 0.29) is 10.6 Å². The number of nitrogens with two attached hydrogens (primary N) is 1. The Labute approximate surface area is 101 Å². The van der Waals surface area contributed by atoms with Crippen LogP contribution < -0.4 is 5.73 Å². The lowest BCUT2D eigenvalue weighted by Crippen LogP contribution is -2.19. The zero-order chi connectivity index (χ0) is 12.4. The molecule has 0 saturated carbocycles. The largest absolute Gasteiger partial charge is 0.399 e. The molecule has 4 N–H and O–H groups in total. The number of anilines is 1. The third-order valence-electron chi connectivity index (χ3n) is 2.23. The zero-order valence-electron chi connectivity index (χ0n) is 8.47. The monoisotopic (exact) mass is 252 g/mol. The molecule has 0 unspecified atom stereocenters. The summed E-state index contributed by atoms with van der Waals surface area (Å²) in [6, 6.07) is 4.80. The number of carbonyl (C=O) groups excluding carboxylic acids is 1. The van der Waals surface area contributed by atoms with Crippen LogP contribution in [0.15, 0.2) is 23.1 Å². The first-order valence-electron chi connectivity index (χ1n) is 4.53. The normalized spacial score (nSPS) is 14.5. The van der Waals surface area contributed by atoms with Crippen molar-refractivity contribution in [2.75, 3.05) is 5.73 Å². The fourth-order valence-electron chi connectivity index (χ4n) is 1.48. The van der Waals surface area contributed by atoms with E-state index in [2.05, 4.69) is 9.37 Å². The lowest BCUT2D eigenvalue weighted by Gasteiger charge is -2.14. The van der Waals surface area contributed by atoms with E-state index < -0.39 is 5.78 Å². The van der Waals surface area contributed by atoms with E-state index in [9.17, 15) is 4.79 Å². The quantitative estimate of drug-likeness (QED) is 0.328. The van der Waals surface area contributed by atoms with E-state index >= 15 is 0 Å². The Morgan fingerprint density at radius 3 is 2.88 bits per heavy atom. The molecular weight excluding hydrogens is 244 g/mol. The Morgan fingerprint density at radius 1 is 1.41 bits per heavy atom. The summed E-state index contributed by atoms with van der Waals surface area (Å²) in [5, 5.41) is 19.1. The predicted molar refractivity (Wildman–Crippen MR) is 63.3 cm³/mol. The van der Waals surface area contributed by atoms with Gasteiger partial charge in [0.05, 0.1) is 16.9 Å². The molecule has 0 heterocycles. The average molecular weight is 252 g/mol. The van der Waals surface area contributed by atoms with Gasteiger partial charge in [0.15, 0.2) is 0 Å². The Morgan fingerprint density at radius 2 is 2.18 bits per heavy atom. The molecule has 0 amide bonds. The Balaban J connectivity index is 2.43. The predicted octanol–water partition coefficient (Wildman–Crippen LogP) is 1.90. The average Bonchev–Trinajstić information content (AvgIpc) is 2.31. The van der Waals surface area contributed by atoms with Crippen molar-refractivity contribution in [1.29, 1.82) is 5.41 Å². The van der Waals surface area contributed by atoms with E-state index in [1.807, 2.05) is 0 Å². The molecular formula is C10H8N2O4S. The van der Waals surface area contributed by atoms with Gasteiger partial charge in [0.1, 0.15) is 5.71 Å². The van der Waals surface area contributed by atoms with Crippen LogP contribution in [-0.4, -0.2) is 16.8 Å². The molecule has 1 aliphatic rings. The molecule has 2 rings (SSSR count). The van der Waals surface area contributed by atoms with Crippen LogP contribution in [0, 0.1) is 5.41 Å². The lowest BCUT2D eigenvalue weighted by molar-refractivity contribution is -0.431. The van der Waals surface area contributed by atoms with Gasteiger partial charge < -0.3 is 5.73 Å². The van der Waals surface area contributed by atoms with E-state index in [4.69, 9.17) is 16.4 Å². The molecule has 88 valence electrons. The summed E-state index contributed by atoms with van der Waals surface area (Å²) < 4.78 is 4.22. The molecule has 6 nitrogen and oxygen atoms in total. The maximum atomic E-state index is 11.8. The van der Waals surface area contributed by atoms with Crippen molar-refractivity contribution < 1.29 is 19.4 Å². The summed E-state index contributed by atoms with van der Waals surface area (Å²) in [5.74, 6) is -0.425. The number of allylic oxidation sites excluding steroid dienone is 1. The second-order valence-corrected chi connectivity index (χ2v) is 4.03. The van der Waals surface area contributed by atoms with E-state index in [1.165, 1.54) is 0 Å². The SMILES string of the molecule is N=C1C(=O)c2ccc(N)cc2C=C1SOOO. The number of hydrogen-bond donors (Lipinski definition) is 3. The lowest BCUT2D eigenvalue weighted by atomic mass is 9.94. The molecule has 0 saturated heterocycles. The molecule has 7 heteroatoms. The molecule has 1 aromatic rings. The fraction of sp³-hybridized carbons (Fsp3) is 0. The highest BCUT2D eigenvalue weighted by atomic mass is 32.2. The third kappa shape index (κ3) is 2.22. The van der Waals surface area contributed by atoms with Crippen LogP contribution in [0.4, 0.5) is 5.69 Å². The van der Waals surface area contributed by atoms with Crippen LogP contribution in [0.5, 0.6) is 0 Å². The topological polar surface area (TPSA) is 106 Å². The molecule has 0 aromatic heterocycles. The number of benzene rings is 1. The minimum absolute atomic E-state index is 0.218. The first-order chi connectivity index (χ1) is 8.13. The molecule has 1 aromatic carbocycles. The summed E-state index contributed by atoms with van der Waals surface area (Å²) in [6.07, 6.45) is 1.57. The Hall–Kier alpha value is -1.67. The van der Waals surface area contributed by atoms with Crippen LogP contribution in [-0.2, 0) is 9.37 Å². The molecule has 0 bridgehead atoms. The second-order valence-electron chi connectivity index (χ2n) is 3.29. The Bertz CT molecular complexity index is 527. The van der Waals surface area contributed by atoms with Gasteiger partial charge in [0.25, 0.3) is 0 Å². The van der Waals surface area contributed by atoms with Crippen molar-refractivity contribution in [2.45, 2.75) is 0 Å². The van der Waals surface area contributed by atoms with Gasteiger partial charge in [-0.25, -0.2) is 5.26 Å². The van der Waals surface area contributed by atoms with Crippen molar-refractivity contribution >= 4 is 35.3 Å². The van der Waals surface area contributed by atoms with Crippen molar-refractivity contribution in [3.63, 3.8) is 0 Å². The maximum absolute atomic E-state index is 11.8. The van der Waals surface area contributed by atoms with Gasteiger partial charge in [-0.05, 0) is 29.8 Å². The van der Waals surface area contributed by atoms with Crippen LogP contribution in [0.1, 0.15) is 15.9 Å². The molecule has 0 aliphatic heterocycles. The van der Waals surface area contributed by atoms with Crippen LogP contribution in [0.3, 0.4) is 0 Å². The van der Waals surface area contributed by atoms with Gasteiger partial charge >= 0.3 is 0 Å². The molecule has 0 spiro atoms. The minimum atomic E-state index is -0.425. The van der Waals surface area contributed by atoms with Gasteiger partial charge in [-0.15, -0.1) is 4.33 Å². The van der Waals surface area contributed by atoms with Gasteiger partial charge in [-0.1, -0.05) is 5.04 Å². The summed E-state index contributed by atoms with van der Waals surface area (Å²) >= 11 is 0.581. The van der Waals surface area contributed by atoms with Gasteiger partial charge in [0.2, 0.25) is 5.78 Å². The highest BCUT2D eigenvalue weighted by molar-refractivity contribution is 7.99.